The lowest BCUT2D eigenvalue weighted by molar-refractivity contribution is 0.215. The molecule has 1 aliphatic heterocycles. The molecule has 1 aliphatic rings. The zero-order chi connectivity index (χ0) is 21.3. The number of aryl methyl sites for hydroxylation is 1. The minimum absolute atomic E-state index is 0. The number of aliphatic imine (C=N–C) groups is 1. The van der Waals surface area contributed by atoms with Crippen LogP contribution < -0.4 is 5.32 Å². The van der Waals surface area contributed by atoms with Gasteiger partial charge in [0.2, 0.25) is 0 Å². The number of nitrogens with zero attached hydrogens (tertiary/aromatic N) is 5. The number of rotatable bonds is 8. The number of hydrogen-bond acceptors (Lipinski definition) is 4. The third kappa shape index (κ3) is 7.10. The fraction of sp³-hybridized carbons (Fsp3) is 0.609. The second-order valence-electron chi connectivity index (χ2n) is 8.06. The molecular weight excluding hydrogens is 519 g/mol. The quantitative estimate of drug-likeness (QED) is 0.225. The molecule has 1 N–H and O–H groups in total. The van der Waals surface area contributed by atoms with Crippen molar-refractivity contribution in [1.82, 2.24) is 25.0 Å². The van der Waals surface area contributed by atoms with E-state index in [2.05, 4.69) is 63.9 Å². The third-order valence-corrected chi connectivity index (χ3v) is 6.84. The molecule has 0 spiro atoms. The summed E-state index contributed by atoms with van der Waals surface area (Å²) in [5.74, 6) is 5.27. The van der Waals surface area contributed by atoms with Gasteiger partial charge in [-0.3, -0.25) is 0 Å². The van der Waals surface area contributed by atoms with Crippen LogP contribution in [0.1, 0.15) is 49.3 Å². The Balaban J connectivity index is 0.00000341. The van der Waals surface area contributed by atoms with Crippen LogP contribution in [0.3, 0.4) is 0 Å². The molecule has 0 aliphatic carbocycles. The van der Waals surface area contributed by atoms with E-state index in [1.807, 2.05) is 30.3 Å². The molecule has 0 bridgehead atoms. The Morgan fingerprint density at radius 1 is 1.26 bits per heavy atom. The number of piperidine rings is 1. The van der Waals surface area contributed by atoms with Crippen LogP contribution in [0.15, 0.2) is 35.3 Å². The lowest BCUT2D eigenvalue weighted by atomic mass is 9.79. The minimum atomic E-state index is 0. The van der Waals surface area contributed by atoms with E-state index in [0.29, 0.717) is 18.4 Å². The molecule has 6 nitrogen and oxygen atoms in total. The van der Waals surface area contributed by atoms with Crippen LogP contribution in [-0.2, 0) is 13.6 Å². The topological polar surface area (TPSA) is 58.3 Å². The summed E-state index contributed by atoms with van der Waals surface area (Å²) in [4.78, 5) is 7.41. The van der Waals surface area contributed by atoms with Crippen molar-refractivity contribution >= 4 is 41.7 Å². The Bertz CT molecular complexity index is 810. The van der Waals surface area contributed by atoms with E-state index in [1.54, 1.807) is 0 Å². The first-order chi connectivity index (χ1) is 14.6. The van der Waals surface area contributed by atoms with Crippen molar-refractivity contribution in [3.63, 3.8) is 0 Å². The Kier molecular flexibility index (Phi) is 11.1. The van der Waals surface area contributed by atoms with Crippen molar-refractivity contribution in [2.24, 2.45) is 18.0 Å². The summed E-state index contributed by atoms with van der Waals surface area (Å²) in [5.41, 5.74) is 1.48. The van der Waals surface area contributed by atoms with Gasteiger partial charge in [0.15, 0.2) is 11.8 Å². The highest BCUT2D eigenvalue weighted by Gasteiger charge is 2.30. The van der Waals surface area contributed by atoms with Crippen LogP contribution >= 0.6 is 35.7 Å². The Labute approximate surface area is 208 Å². The van der Waals surface area contributed by atoms with E-state index in [9.17, 15) is 0 Å². The van der Waals surface area contributed by atoms with Crippen molar-refractivity contribution in [2.45, 2.75) is 45.6 Å². The molecule has 2 aromatic rings. The molecule has 1 aromatic carbocycles. The van der Waals surface area contributed by atoms with Gasteiger partial charge in [-0.1, -0.05) is 43.7 Å². The van der Waals surface area contributed by atoms with Gasteiger partial charge in [0.05, 0.1) is 0 Å². The van der Waals surface area contributed by atoms with Crippen molar-refractivity contribution in [3.8, 4) is 0 Å². The summed E-state index contributed by atoms with van der Waals surface area (Å²) in [6, 6.07) is 11.0. The molecule has 31 heavy (non-hydrogen) atoms. The number of guanidine groups is 1. The van der Waals surface area contributed by atoms with Crippen molar-refractivity contribution < 1.29 is 0 Å². The van der Waals surface area contributed by atoms with Crippen molar-refractivity contribution in [2.75, 3.05) is 31.6 Å². The van der Waals surface area contributed by atoms with Gasteiger partial charge in [-0.25, -0.2) is 4.99 Å². The first-order valence-electron chi connectivity index (χ1n) is 11.1. The van der Waals surface area contributed by atoms with Gasteiger partial charge < -0.3 is 14.8 Å². The van der Waals surface area contributed by atoms with Crippen LogP contribution in [0.2, 0.25) is 0 Å². The number of hydrogen-bond donors (Lipinski definition) is 1. The van der Waals surface area contributed by atoms with Crippen LogP contribution in [0.25, 0.3) is 0 Å². The Morgan fingerprint density at radius 2 is 2.03 bits per heavy atom. The summed E-state index contributed by atoms with van der Waals surface area (Å²) in [5, 5.41) is 12.1. The molecular formula is C23H37IN6S. The van der Waals surface area contributed by atoms with Crippen LogP contribution in [-0.4, -0.2) is 57.3 Å². The molecule has 1 fully saturated rings. The van der Waals surface area contributed by atoms with Crippen molar-refractivity contribution in [1.29, 1.82) is 0 Å². The largest absolute Gasteiger partial charge is 0.356 e. The van der Waals surface area contributed by atoms with Crippen LogP contribution in [0, 0.1) is 12.8 Å². The number of nitrogens with one attached hydrogen (secondary N) is 1. The fourth-order valence-corrected chi connectivity index (χ4v) is 4.63. The summed E-state index contributed by atoms with van der Waals surface area (Å²) in [7, 11) is 2.00. The lowest BCUT2D eigenvalue weighted by Gasteiger charge is -2.40. The fourth-order valence-electron chi connectivity index (χ4n) is 4.20. The second-order valence-corrected chi connectivity index (χ2v) is 9.04. The standard InChI is InChI=1S/C23H36N6S.HI/c1-5-19-17-29(14-12-21(19)20-10-7-6-8-11-20)23(24-13-9-15-30-4)25-16-22-27-26-18(2)28(22)3;/h6-8,10-11,19,21H,5,9,12-17H2,1-4H3,(H,24,25);1H. The third-order valence-electron chi connectivity index (χ3n) is 6.15. The smallest absolute Gasteiger partial charge is 0.194 e. The van der Waals surface area contributed by atoms with Gasteiger partial charge >= 0.3 is 0 Å². The maximum atomic E-state index is 4.96. The summed E-state index contributed by atoms with van der Waals surface area (Å²) >= 11 is 1.89. The highest BCUT2D eigenvalue weighted by molar-refractivity contribution is 14.0. The maximum absolute atomic E-state index is 4.96. The first kappa shape index (κ1) is 26.0. The zero-order valence-electron chi connectivity index (χ0n) is 19.3. The van der Waals surface area contributed by atoms with Gasteiger partial charge in [0.1, 0.15) is 12.4 Å². The summed E-state index contributed by atoms with van der Waals surface area (Å²) in [6.45, 7) is 7.87. The van der Waals surface area contributed by atoms with Crippen LogP contribution in [0.5, 0.6) is 0 Å². The van der Waals surface area contributed by atoms with Gasteiger partial charge in [0, 0.05) is 26.7 Å². The van der Waals surface area contributed by atoms with Gasteiger partial charge in [-0.2, -0.15) is 11.8 Å². The minimum Gasteiger partial charge on any atom is -0.356 e. The Morgan fingerprint density at radius 3 is 2.68 bits per heavy atom. The zero-order valence-corrected chi connectivity index (χ0v) is 22.4. The van der Waals surface area contributed by atoms with E-state index in [1.165, 1.54) is 12.0 Å². The van der Waals surface area contributed by atoms with Crippen molar-refractivity contribution in [3.05, 3.63) is 47.5 Å². The average molecular weight is 557 g/mol. The normalized spacial score (nSPS) is 19.2. The SMILES string of the molecule is CCC1CN(C(=NCc2nnc(C)n2C)NCCCSC)CCC1c1ccccc1.I. The molecule has 1 saturated heterocycles. The van der Waals surface area contributed by atoms with Gasteiger partial charge in [-0.05, 0) is 49.2 Å². The molecule has 2 atom stereocenters. The van der Waals surface area contributed by atoms with E-state index in [0.717, 1.165) is 55.8 Å². The maximum Gasteiger partial charge on any atom is 0.194 e. The molecule has 8 heteroatoms. The Hall–Kier alpha value is -1.29. The molecule has 3 rings (SSSR count). The van der Waals surface area contributed by atoms with Gasteiger partial charge in [0.25, 0.3) is 0 Å². The molecule has 1 aromatic heterocycles. The van der Waals surface area contributed by atoms with E-state index >= 15 is 0 Å². The molecule has 0 amide bonds. The summed E-state index contributed by atoms with van der Waals surface area (Å²) in [6.07, 6.45) is 5.64. The van der Waals surface area contributed by atoms with E-state index in [-0.39, 0.29) is 24.0 Å². The van der Waals surface area contributed by atoms with E-state index < -0.39 is 0 Å². The number of likely N-dealkylation sites (tertiary alicyclic amines) is 1. The number of aromatic nitrogens is 3. The van der Waals surface area contributed by atoms with Crippen LogP contribution in [0.4, 0.5) is 0 Å². The molecule has 0 radical (unpaired) electrons. The van der Waals surface area contributed by atoms with E-state index in [4.69, 9.17) is 4.99 Å². The monoisotopic (exact) mass is 556 g/mol. The molecule has 2 unspecified atom stereocenters. The highest BCUT2D eigenvalue weighted by atomic mass is 127. The molecule has 2 heterocycles. The number of thioether (sulfide) groups is 1. The number of benzene rings is 1. The average Bonchev–Trinajstić information content (AvgIpc) is 3.11. The predicted octanol–water partition coefficient (Wildman–Crippen LogP) is 4.46. The predicted molar refractivity (Wildman–Crippen MR) is 142 cm³/mol. The highest BCUT2D eigenvalue weighted by Crippen LogP contribution is 2.34. The van der Waals surface area contributed by atoms with Gasteiger partial charge in [-0.15, -0.1) is 34.2 Å². The summed E-state index contributed by atoms with van der Waals surface area (Å²) < 4.78 is 2.02. The lowest BCUT2D eigenvalue weighted by Crippen LogP contribution is -2.48. The number of halogens is 1. The first-order valence-corrected chi connectivity index (χ1v) is 12.4. The molecule has 172 valence electrons. The molecule has 0 saturated carbocycles. The second kappa shape index (κ2) is 13.3.